The minimum atomic E-state index is -0.534. The van der Waals surface area contributed by atoms with E-state index in [1.165, 1.54) is 12.1 Å². The van der Waals surface area contributed by atoms with Crippen LogP contribution in [-0.4, -0.2) is 12.4 Å². The molecule has 0 aliphatic rings. The van der Waals surface area contributed by atoms with Crippen molar-refractivity contribution in [3.8, 4) is 0 Å². The summed E-state index contributed by atoms with van der Waals surface area (Å²) >= 11 is 5.67. The SMILES string of the molecule is CC(C)(CCCCl)CNCc1cc(F)cc(F)c1. The summed E-state index contributed by atoms with van der Waals surface area (Å²) in [6.07, 6.45) is 2.01. The van der Waals surface area contributed by atoms with E-state index in [0.717, 1.165) is 25.5 Å². The molecule has 0 bridgehead atoms. The van der Waals surface area contributed by atoms with E-state index in [9.17, 15) is 8.78 Å². The Morgan fingerprint density at radius 2 is 1.78 bits per heavy atom. The molecule has 1 aromatic carbocycles. The predicted molar refractivity (Wildman–Crippen MR) is 71.8 cm³/mol. The lowest BCUT2D eigenvalue weighted by Crippen LogP contribution is -2.29. The van der Waals surface area contributed by atoms with Gasteiger partial charge in [0, 0.05) is 25.0 Å². The van der Waals surface area contributed by atoms with Crippen molar-refractivity contribution in [2.45, 2.75) is 33.2 Å². The molecule has 18 heavy (non-hydrogen) atoms. The predicted octanol–water partition coefficient (Wildman–Crippen LogP) is 4.10. The molecule has 0 unspecified atom stereocenters. The normalized spacial score (nSPS) is 11.8. The molecule has 0 radical (unpaired) electrons. The monoisotopic (exact) mass is 275 g/mol. The molecule has 4 heteroatoms. The average molecular weight is 276 g/mol. The number of nitrogens with one attached hydrogen (secondary N) is 1. The molecule has 1 rings (SSSR count). The summed E-state index contributed by atoms with van der Waals surface area (Å²) in [4.78, 5) is 0. The van der Waals surface area contributed by atoms with Crippen molar-refractivity contribution < 1.29 is 8.78 Å². The van der Waals surface area contributed by atoms with Gasteiger partial charge in [-0.25, -0.2) is 8.78 Å². The first-order valence-electron chi connectivity index (χ1n) is 6.15. The summed E-state index contributed by atoms with van der Waals surface area (Å²) in [5.74, 6) is -0.403. The lowest BCUT2D eigenvalue weighted by atomic mass is 9.88. The first-order chi connectivity index (χ1) is 8.43. The Bertz CT molecular complexity index is 360. The summed E-state index contributed by atoms with van der Waals surface area (Å²) in [7, 11) is 0. The minimum absolute atomic E-state index is 0.140. The Balaban J connectivity index is 2.41. The minimum Gasteiger partial charge on any atom is -0.312 e. The van der Waals surface area contributed by atoms with Crippen molar-refractivity contribution in [2.75, 3.05) is 12.4 Å². The highest BCUT2D eigenvalue weighted by molar-refractivity contribution is 6.17. The van der Waals surface area contributed by atoms with Gasteiger partial charge in [-0.2, -0.15) is 0 Å². The van der Waals surface area contributed by atoms with Crippen molar-refractivity contribution in [3.63, 3.8) is 0 Å². The van der Waals surface area contributed by atoms with Gasteiger partial charge >= 0.3 is 0 Å². The standard InChI is InChI=1S/C14H20ClF2N/c1-14(2,4-3-5-15)10-18-9-11-6-12(16)8-13(17)7-11/h6-8,18H,3-5,9-10H2,1-2H3. The summed E-state index contributed by atoms with van der Waals surface area (Å²) in [5.41, 5.74) is 0.765. The molecule has 0 aromatic heterocycles. The second kappa shape index (κ2) is 7.05. The van der Waals surface area contributed by atoms with Crippen LogP contribution in [0, 0.1) is 17.0 Å². The third kappa shape index (κ3) is 5.78. The quantitative estimate of drug-likeness (QED) is 0.739. The lowest BCUT2D eigenvalue weighted by Gasteiger charge is -2.24. The van der Waals surface area contributed by atoms with Gasteiger partial charge in [0.15, 0.2) is 0 Å². The molecule has 0 saturated carbocycles. The fourth-order valence-corrected chi connectivity index (χ4v) is 2.03. The number of rotatable bonds is 7. The molecular weight excluding hydrogens is 256 g/mol. The van der Waals surface area contributed by atoms with Crippen molar-refractivity contribution in [1.29, 1.82) is 0 Å². The third-order valence-corrected chi connectivity index (χ3v) is 3.11. The van der Waals surface area contributed by atoms with Gasteiger partial charge in [-0.1, -0.05) is 13.8 Å². The first kappa shape index (κ1) is 15.4. The number of alkyl halides is 1. The Morgan fingerprint density at radius 1 is 1.17 bits per heavy atom. The summed E-state index contributed by atoms with van der Waals surface area (Å²) in [6, 6.07) is 3.58. The molecule has 1 aromatic rings. The van der Waals surface area contributed by atoms with Crippen LogP contribution >= 0.6 is 11.6 Å². The van der Waals surface area contributed by atoms with Gasteiger partial charge in [0.1, 0.15) is 11.6 Å². The molecule has 102 valence electrons. The molecule has 1 nitrogen and oxygen atoms in total. The number of hydrogen-bond acceptors (Lipinski definition) is 1. The van der Waals surface area contributed by atoms with Crippen molar-refractivity contribution >= 4 is 11.6 Å². The molecule has 1 N–H and O–H groups in total. The lowest BCUT2D eigenvalue weighted by molar-refractivity contribution is 0.311. The van der Waals surface area contributed by atoms with Crippen LogP contribution in [0.15, 0.2) is 18.2 Å². The first-order valence-corrected chi connectivity index (χ1v) is 6.68. The van der Waals surface area contributed by atoms with Gasteiger partial charge in [-0.15, -0.1) is 11.6 Å². The largest absolute Gasteiger partial charge is 0.312 e. The van der Waals surface area contributed by atoms with E-state index in [0.29, 0.717) is 18.0 Å². The summed E-state index contributed by atoms with van der Waals surface area (Å²) in [5, 5.41) is 3.23. The molecule has 0 spiro atoms. The number of hydrogen-bond donors (Lipinski definition) is 1. The maximum absolute atomic E-state index is 13.0. The van der Waals surface area contributed by atoms with Crippen LogP contribution in [0.5, 0.6) is 0 Å². The third-order valence-electron chi connectivity index (χ3n) is 2.84. The molecule has 0 saturated heterocycles. The average Bonchev–Trinajstić information content (AvgIpc) is 2.25. The van der Waals surface area contributed by atoms with Crippen molar-refractivity contribution in [1.82, 2.24) is 5.32 Å². The molecule has 0 atom stereocenters. The van der Waals surface area contributed by atoms with Crippen LogP contribution in [-0.2, 0) is 6.54 Å². The van der Waals surface area contributed by atoms with Crippen LogP contribution in [0.4, 0.5) is 8.78 Å². The van der Waals surface area contributed by atoms with Gasteiger partial charge in [-0.05, 0) is 36.0 Å². The van der Waals surface area contributed by atoms with Gasteiger partial charge in [-0.3, -0.25) is 0 Å². The van der Waals surface area contributed by atoms with Gasteiger partial charge in [0.2, 0.25) is 0 Å². The van der Waals surface area contributed by atoms with Crippen molar-refractivity contribution in [2.24, 2.45) is 5.41 Å². The highest BCUT2D eigenvalue weighted by Crippen LogP contribution is 2.21. The zero-order valence-corrected chi connectivity index (χ0v) is 11.7. The molecule has 0 amide bonds. The highest BCUT2D eigenvalue weighted by atomic mass is 35.5. The van der Waals surface area contributed by atoms with E-state index in [-0.39, 0.29) is 5.41 Å². The van der Waals surface area contributed by atoms with Crippen LogP contribution in [0.1, 0.15) is 32.3 Å². The highest BCUT2D eigenvalue weighted by Gasteiger charge is 2.16. The Kier molecular flexibility index (Phi) is 6.03. The Morgan fingerprint density at radius 3 is 2.33 bits per heavy atom. The van der Waals surface area contributed by atoms with E-state index in [2.05, 4.69) is 19.2 Å². The van der Waals surface area contributed by atoms with Crippen LogP contribution in [0.3, 0.4) is 0 Å². The topological polar surface area (TPSA) is 12.0 Å². The van der Waals surface area contributed by atoms with E-state index in [1.807, 2.05) is 0 Å². The fourth-order valence-electron chi connectivity index (χ4n) is 1.89. The van der Waals surface area contributed by atoms with Gasteiger partial charge in [0.05, 0.1) is 0 Å². The molecule has 0 aliphatic carbocycles. The van der Waals surface area contributed by atoms with Gasteiger partial charge < -0.3 is 5.32 Å². The Labute approximate surface area is 113 Å². The summed E-state index contributed by atoms with van der Waals surface area (Å²) < 4.78 is 25.9. The van der Waals surface area contributed by atoms with Crippen LogP contribution < -0.4 is 5.32 Å². The molecular formula is C14H20ClF2N. The Hall–Kier alpha value is -0.670. The van der Waals surface area contributed by atoms with Crippen LogP contribution in [0.25, 0.3) is 0 Å². The van der Waals surface area contributed by atoms with Crippen LogP contribution in [0.2, 0.25) is 0 Å². The van der Waals surface area contributed by atoms with E-state index in [1.54, 1.807) is 0 Å². The second-order valence-corrected chi connectivity index (χ2v) is 5.72. The zero-order chi connectivity index (χ0) is 13.6. The molecule has 0 heterocycles. The maximum Gasteiger partial charge on any atom is 0.126 e. The zero-order valence-electron chi connectivity index (χ0n) is 10.9. The second-order valence-electron chi connectivity index (χ2n) is 5.34. The van der Waals surface area contributed by atoms with E-state index in [4.69, 9.17) is 11.6 Å². The fraction of sp³-hybridized carbons (Fsp3) is 0.571. The molecule has 0 fully saturated rings. The van der Waals surface area contributed by atoms with E-state index < -0.39 is 11.6 Å². The summed E-state index contributed by atoms with van der Waals surface area (Å²) in [6.45, 7) is 5.57. The van der Waals surface area contributed by atoms with E-state index >= 15 is 0 Å². The number of halogens is 3. The molecule has 0 aliphatic heterocycles. The van der Waals surface area contributed by atoms with Gasteiger partial charge in [0.25, 0.3) is 0 Å². The van der Waals surface area contributed by atoms with Crippen molar-refractivity contribution in [3.05, 3.63) is 35.4 Å². The maximum atomic E-state index is 13.0. The smallest absolute Gasteiger partial charge is 0.126 e. The number of benzene rings is 1.